The second-order valence-corrected chi connectivity index (χ2v) is 13.2. The Bertz CT molecular complexity index is 532. The van der Waals surface area contributed by atoms with Crippen molar-refractivity contribution in [1.29, 1.82) is 0 Å². The molecular formula is C19H33NO4Si. The van der Waals surface area contributed by atoms with Gasteiger partial charge in [0.15, 0.2) is 8.32 Å². The maximum Gasteiger partial charge on any atom is 0.191 e. The van der Waals surface area contributed by atoms with E-state index in [0.29, 0.717) is 13.2 Å². The van der Waals surface area contributed by atoms with E-state index >= 15 is 0 Å². The van der Waals surface area contributed by atoms with Crippen molar-refractivity contribution in [2.45, 2.75) is 51.0 Å². The fourth-order valence-electron chi connectivity index (χ4n) is 2.76. The van der Waals surface area contributed by atoms with Crippen molar-refractivity contribution in [3.63, 3.8) is 0 Å². The zero-order valence-corrected chi connectivity index (χ0v) is 17.1. The van der Waals surface area contributed by atoms with Crippen LogP contribution in [0.15, 0.2) is 30.3 Å². The largest absolute Gasteiger partial charge is 0.416 e. The summed E-state index contributed by atoms with van der Waals surface area (Å²) < 4.78 is 6.34. The van der Waals surface area contributed by atoms with Crippen LogP contribution in [-0.2, 0) is 9.26 Å². The molecule has 0 amide bonds. The van der Waals surface area contributed by atoms with Crippen LogP contribution in [0.2, 0.25) is 18.1 Å². The highest BCUT2D eigenvalue weighted by Crippen LogP contribution is 2.38. The van der Waals surface area contributed by atoms with Crippen LogP contribution in [-0.4, -0.2) is 56.1 Å². The molecule has 2 rings (SSSR count). The lowest BCUT2D eigenvalue weighted by Crippen LogP contribution is -2.43. The van der Waals surface area contributed by atoms with Gasteiger partial charge in [0, 0.05) is 19.1 Å². The van der Waals surface area contributed by atoms with Crippen molar-refractivity contribution in [3.05, 3.63) is 35.9 Å². The molecule has 0 spiro atoms. The Balaban J connectivity index is 2.04. The first-order valence-electron chi connectivity index (χ1n) is 9.03. The summed E-state index contributed by atoms with van der Waals surface area (Å²) in [6, 6.07) is 9.60. The van der Waals surface area contributed by atoms with Gasteiger partial charge in [0.05, 0.1) is 19.3 Å². The van der Waals surface area contributed by atoms with Gasteiger partial charge in [-0.05, 0) is 23.7 Å². The maximum absolute atomic E-state index is 9.84. The van der Waals surface area contributed by atoms with Gasteiger partial charge in [-0.25, -0.2) is 0 Å². The quantitative estimate of drug-likeness (QED) is 0.726. The van der Waals surface area contributed by atoms with E-state index < -0.39 is 8.32 Å². The van der Waals surface area contributed by atoms with E-state index in [4.69, 9.17) is 9.26 Å². The fraction of sp³-hybridized carbons (Fsp3) is 0.684. The summed E-state index contributed by atoms with van der Waals surface area (Å²) in [6.07, 6.45) is -0.289. The summed E-state index contributed by atoms with van der Waals surface area (Å²) >= 11 is 0. The molecule has 0 aliphatic carbocycles. The number of hydroxylamine groups is 2. The van der Waals surface area contributed by atoms with Crippen LogP contribution >= 0.6 is 0 Å². The smallest absolute Gasteiger partial charge is 0.191 e. The molecule has 142 valence electrons. The summed E-state index contributed by atoms with van der Waals surface area (Å²) in [5.41, 5.74) is 1.01. The molecule has 25 heavy (non-hydrogen) atoms. The van der Waals surface area contributed by atoms with E-state index in [-0.39, 0.29) is 36.3 Å². The third-order valence-corrected chi connectivity index (χ3v) is 10.1. The van der Waals surface area contributed by atoms with E-state index in [1.165, 1.54) is 0 Å². The molecule has 0 unspecified atom stereocenters. The van der Waals surface area contributed by atoms with Crippen molar-refractivity contribution in [1.82, 2.24) is 5.06 Å². The monoisotopic (exact) mass is 367 g/mol. The minimum Gasteiger partial charge on any atom is -0.416 e. The lowest BCUT2D eigenvalue weighted by Gasteiger charge is -2.37. The highest BCUT2D eigenvalue weighted by Gasteiger charge is 2.42. The van der Waals surface area contributed by atoms with Gasteiger partial charge >= 0.3 is 0 Å². The molecule has 0 radical (unpaired) electrons. The standard InChI is InChI=1S/C19H33NO4Si/c1-19(2,3)25(4,5)23-14-16-11-20(24-18(16)13-22)17(12-21)15-9-7-6-8-10-15/h6-10,16-18,21-22H,11-14H2,1-5H3/t16-,17-,18+/m0/s1. The Labute approximate surface area is 152 Å². The lowest BCUT2D eigenvalue weighted by molar-refractivity contribution is -0.190. The van der Waals surface area contributed by atoms with E-state index in [0.717, 1.165) is 5.56 Å². The number of benzene rings is 1. The maximum atomic E-state index is 9.84. The Morgan fingerprint density at radius 3 is 2.40 bits per heavy atom. The summed E-state index contributed by atoms with van der Waals surface area (Å²) in [5, 5.41) is 21.5. The van der Waals surface area contributed by atoms with Gasteiger partial charge in [-0.3, -0.25) is 4.84 Å². The van der Waals surface area contributed by atoms with Gasteiger partial charge in [-0.1, -0.05) is 51.1 Å². The molecule has 1 saturated heterocycles. The first-order chi connectivity index (χ1) is 11.7. The minimum absolute atomic E-state index is 0.0298. The first-order valence-corrected chi connectivity index (χ1v) is 11.9. The molecule has 1 aromatic rings. The lowest BCUT2D eigenvalue weighted by atomic mass is 10.0. The van der Waals surface area contributed by atoms with Gasteiger partial charge in [-0.2, -0.15) is 5.06 Å². The van der Waals surface area contributed by atoms with E-state index in [1.807, 2.05) is 30.3 Å². The van der Waals surface area contributed by atoms with Gasteiger partial charge in [0.25, 0.3) is 0 Å². The summed E-state index contributed by atoms with van der Waals surface area (Å²) in [5.74, 6) is 0.0943. The number of hydrogen-bond donors (Lipinski definition) is 2. The molecule has 3 atom stereocenters. The molecular weight excluding hydrogens is 334 g/mol. The van der Waals surface area contributed by atoms with Crippen molar-refractivity contribution in [2.75, 3.05) is 26.4 Å². The molecule has 0 saturated carbocycles. The number of aliphatic hydroxyl groups excluding tert-OH is 2. The molecule has 0 bridgehead atoms. The van der Waals surface area contributed by atoms with Gasteiger partial charge in [0.2, 0.25) is 0 Å². The third-order valence-electron chi connectivity index (χ3n) is 5.56. The molecule has 0 aromatic heterocycles. The molecule has 1 aromatic carbocycles. The van der Waals surface area contributed by atoms with Crippen molar-refractivity contribution >= 4 is 8.32 Å². The van der Waals surface area contributed by atoms with Crippen LogP contribution in [0, 0.1) is 5.92 Å². The highest BCUT2D eigenvalue weighted by molar-refractivity contribution is 6.74. The Kier molecular flexibility index (Phi) is 6.81. The van der Waals surface area contributed by atoms with Crippen LogP contribution in [0.1, 0.15) is 32.4 Å². The molecule has 1 heterocycles. The van der Waals surface area contributed by atoms with Crippen LogP contribution in [0.5, 0.6) is 0 Å². The molecule has 1 aliphatic heterocycles. The summed E-state index contributed by atoms with van der Waals surface area (Å²) in [6.45, 7) is 12.3. The average Bonchev–Trinajstić information content (AvgIpc) is 2.97. The van der Waals surface area contributed by atoms with Crippen LogP contribution in [0.4, 0.5) is 0 Å². The van der Waals surface area contributed by atoms with Gasteiger partial charge in [0.1, 0.15) is 6.10 Å². The van der Waals surface area contributed by atoms with Gasteiger partial charge in [-0.15, -0.1) is 0 Å². The van der Waals surface area contributed by atoms with Gasteiger partial charge < -0.3 is 14.6 Å². The van der Waals surface area contributed by atoms with Crippen molar-refractivity contribution in [2.24, 2.45) is 5.92 Å². The second kappa shape index (κ2) is 8.29. The Hall–Kier alpha value is -0.763. The second-order valence-electron chi connectivity index (χ2n) is 8.37. The number of aliphatic hydroxyl groups is 2. The molecule has 1 aliphatic rings. The van der Waals surface area contributed by atoms with Crippen LogP contribution in [0.3, 0.4) is 0 Å². The van der Waals surface area contributed by atoms with E-state index in [2.05, 4.69) is 33.9 Å². The van der Waals surface area contributed by atoms with E-state index in [9.17, 15) is 10.2 Å². The van der Waals surface area contributed by atoms with E-state index in [1.54, 1.807) is 5.06 Å². The summed E-state index contributed by atoms with van der Waals surface area (Å²) in [7, 11) is -1.84. The molecule has 5 nitrogen and oxygen atoms in total. The van der Waals surface area contributed by atoms with Crippen molar-refractivity contribution in [3.8, 4) is 0 Å². The first kappa shape index (κ1) is 20.5. The number of hydrogen-bond acceptors (Lipinski definition) is 5. The normalized spacial score (nSPS) is 23.8. The molecule has 2 N–H and O–H groups in total. The summed E-state index contributed by atoms with van der Waals surface area (Å²) in [4.78, 5) is 5.94. The highest BCUT2D eigenvalue weighted by atomic mass is 28.4. The number of nitrogens with zero attached hydrogens (tertiary/aromatic N) is 1. The van der Waals surface area contributed by atoms with Crippen molar-refractivity contribution < 1.29 is 19.5 Å². The zero-order valence-electron chi connectivity index (χ0n) is 16.1. The fourth-order valence-corrected chi connectivity index (χ4v) is 3.83. The topological polar surface area (TPSA) is 62.2 Å². The predicted octanol–water partition coefficient (Wildman–Crippen LogP) is 2.97. The molecule has 1 fully saturated rings. The SMILES string of the molecule is CC(C)(C)[Si](C)(C)OC[C@@H]1CN([C@@H](CO)c2ccccc2)O[C@@H]1CO. The number of rotatable bonds is 7. The Morgan fingerprint density at radius 2 is 1.88 bits per heavy atom. The molecule has 6 heteroatoms. The minimum atomic E-state index is -1.84. The van der Waals surface area contributed by atoms with Crippen LogP contribution in [0.25, 0.3) is 0 Å². The predicted molar refractivity (Wildman–Crippen MR) is 102 cm³/mol. The van der Waals surface area contributed by atoms with Crippen LogP contribution < -0.4 is 0 Å². The Morgan fingerprint density at radius 1 is 1.24 bits per heavy atom. The third kappa shape index (κ3) is 4.90. The zero-order chi connectivity index (χ0) is 18.7. The average molecular weight is 368 g/mol.